The van der Waals surface area contributed by atoms with Crippen molar-refractivity contribution in [1.82, 2.24) is 14.8 Å². The first-order chi connectivity index (χ1) is 9.65. The van der Waals surface area contributed by atoms with Crippen molar-refractivity contribution < 1.29 is 4.79 Å². The second kappa shape index (κ2) is 5.07. The van der Waals surface area contributed by atoms with Crippen LogP contribution in [0.2, 0.25) is 0 Å². The second-order valence-corrected chi connectivity index (χ2v) is 5.28. The molecule has 3 rings (SSSR count). The number of ketones is 1. The number of anilines is 1. The van der Waals surface area contributed by atoms with Crippen LogP contribution in [0.4, 0.5) is 5.69 Å². The van der Waals surface area contributed by atoms with Gasteiger partial charge in [0.25, 0.3) is 0 Å². The molecular weight excluding hydrogens is 252 g/mol. The summed E-state index contributed by atoms with van der Waals surface area (Å²) in [7, 11) is 1.96. The monoisotopic (exact) mass is 270 g/mol. The van der Waals surface area contributed by atoms with E-state index >= 15 is 0 Å². The van der Waals surface area contributed by atoms with Crippen LogP contribution in [0.5, 0.6) is 0 Å². The lowest BCUT2D eigenvalue weighted by atomic mass is 9.98. The summed E-state index contributed by atoms with van der Waals surface area (Å²) in [4.78, 5) is 13.8. The number of aryl methyl sites for hydroxylation is 2. The van der Waals surface area contributed by atoms with Crippen LogP contribution in [0.15, 0.2) is 24.5 Å². The van der Waals surface area contributed by atoms with Gasteiger partial charge in [-0.3, -0.25) is 4.79 Å². The highest BCUT2D eigenvalue weighted by Crippen LogP contribution is 2.29. The molecule has 0 aliphatic carbocycles. The van der Waals surface area contributed by atoms with Crippen molar-refractivity contribution in [3.8, 4) is 0 Å². The van der Waals surface area contributed by atoms with E-state index in [9.17, 15) is 4.79 Å². The number of nitrogens with zero attached hydrogens (tertiary/aromatic N) is 4. The van der Waals surface area contributed by atoms with Crippen molar-refractivity contribution in [3.63, 3.8) is 0 Å². The molecule has 0 saturated heterocycles. The van der Waals surface area contributed by atoms with Crippen LogP contribution in [0.25, 0.3) is 0 Å². The molecule has 0 fully saturated rings. The molecule has 0 bridgehead atoms. The third kappa shape index (κ3) is 2.31. The molecule has 0 amide bonds. The van der Waals surface area contributed by atoms with Crippen molar-refractivity contribution in [2.24, 2.45) is 7.05 Å². The standard InChI is InChI=1S/C15H18N4O/c1-11(20)12-5-6-14-13(8-12)4-3-7-19(14)9-15-17-16-10-18(15)2/h5-6,8,10H,3-4,7,9H2,1-2H3. The van der Waals surface area contributed by atoms with Gasteiger partial charge in [-0.25, -0.2) is 0 Å². The first kappa shape index (κ1) is 12.8. The minimum absolute atomic E-state index is 0.123. The molecule has 20 heavy (non-hydrogen) atoms. The largest absolute Gasteiger partial charge is 0.364 e. The van der Waals surface area contributed by atoms with Crippen LogP contribution in [0.3, 0.4) is 0 Å². The van der Waals surface area contributed by atoms with Gasteiger partial charge in [0, 0.05) is 24.8 Å². The average Bonchev–Trinajstić information content (AvgIpc) is 2.84. The Morgan fingerprint density at radius 1 is 1.40 bits per heavy atom. The third-order valence-corrected chi connectivity index (χ3v) is 3.84. The third-order valence-electron chi connectivity index (χ3n) is 3.84. The quantitative estimate of drug-likeness (QED) is 0.800. The van der Waals surface area contributed by atoms with E-state index in [-0.39, 0.29) is 5.78 Å². The van der Waals surface area contributed by atoms with Crippen LogP contribution in [-0.4, -0.2) is 27.1 Å². The van der Waals surface area contributed by atoms with Crippen LogP contribution >= 0.6 is 0 Å². The molecule has 2 heterocycles. The number of carbonyl (C=O) groups is 1. The maximum atomic E-state index is 11.5. The fourth-order valence-corrected chi connectivity index (χ4v) is 2.68. The summed E-state index contributed by atoms with van der Waals surface area (Å²) in [5.74, 6) is 1.08. The highest BCUT2D eigenvalue weighted by atomic mass is 16.1. The van der Waals surface area contributed by atoms with E-state index in [0.717, 1.165) is 37.3 Å². The van der Waals surface area contributed by atoms with Gasteiger partial charge in [0.2, 0.25) is 0 Å². The highest BCUT2D eigenvalue weighted by molar-refractivity contribution is 5.94. The Balaban J connectivity index is 1.90. The predicted molar refractivity (Wildman–Crippen MR) is 76.8 cm³/mol. The molecule has 1 aliphatic heterocycles. The molecule has 0 spiro atoms. The van der Waals surface area contributed by atoms with Crippen molar-refractivity contribution in [2.75, 3.05) is 11.4 Å². The summed E-state index contributed by atoms with van der Waals surface area (Å²) in [5, 5.41) is 8.07. The minimum Gasteiger partial charge on any atom is -0.364 e. The molecule has 5 nitrogen and oxygen atoms in total. The summed E-state index contributed by atoms with van der Waals surface area (Å²) in [5.41, 5.74) is 3.26. The molecule has 2 aromatic rings. The number of rotatable bonds is 3. The number of benzene rings is 1. The summed E-state index contributed by atoms with van der Waals surface area (Å²) >= 11 is 0. The van der Waals surface area contributed by atoms with Gasteiger partial charge in [0.1, 0.15) is 6.33 Å². The Bertz CT molecular complexity index is 647. The predicted octanol–water partition coefficient (Wildman–Crippen LogP) is 1.97. The lowest BCUT2D eigenvalue weighted by molar-refractivity contribution is 0.101. The second-order valence-electron chi connectivity index (χ2n) is 5.28. The molecule has 0 N–H and O–H groups in total. The summed E-state index contributed by atoms with van der Waals surface area (Å²) in [6.07, 6.45) is 3.86. The Morgan fingerprint density at radius 2 is 2.25 bits per heavy atom. The van der Waals surface area contributed by atoms with Gasteiger partial charge in [0.05, 0.1) is 6.54 Å². The van der Waals surface area contributed by atoms with Gasteiger partial charge >= 0.3 is 0 Å². The molecule has 0 unspecified atom stereocenters. The van der Waals surface area contributed by atoms with E-state index in [1.54, 1.807) is 13.3 Å². The zero-order chi connectivity index (χ0) is 14.1. The Hall–Kier alpha value is -2.17. The van der Waals surface area contributed by atoms with Crippen molar-refractivity contribution in [2.45, 2.75) is 26.3 Å². The molecule has 1 aromatic heterocycles. The summed E-state index contributed by atoms with van der Waals surface area (Å²) < 4.78 is 1.94. The summed E-state index contributed by atoms with van der Waals surface area (Å²) in [6.45, 7) is 3.38. The number of aromatic nitrogens is 3. The molecule has 0 saturated carbocycles. The smallest absolute Gasteiger partial charge is 0.159 e. The topological polar surface area (TPSA) is 51.0 Å². The zero-order valence-electron chi connectivity index (χ0n) is 11.8. The first-order valence-corrected chi connectivity index (χ1v) is 6.87. The van der Waals surface area contributed by atoms with Gasteiger partial charge in [-0.15, -0.1) is 10.2 Å². The van der Waals surface area contributed by atoms with Crippen LogP contribution in [0, 0.1) is 0 Å². The van der Waals surface area contributed by atoms with Crippen LogP contribution in [0.1, 0.15) is 35.1 Å². The molecular formula is C15H18N4O. The Kier molecular flexibility index (Phi) is 3.26. The van der Waals surface area contributed by atoms with E-state index < -0.39 is 0 Å². The van der Waals surface area contributed by atoms with Crippen molar-refractivity contribution in [1.29, 1.82) is 0 Å². The SMILES string of the molecule is CC(=O)c1ccc2c(c1)CCCN2Cc1nncn1C. The average molecular weight is 270 g/mol. The van der Waals surface area contributed by atoms with Gasteiger partial charge < -0.3 is 9.47 Å². The fourth-order valence-electron chi connectivity index (χ4n) is 2.68. The highest BCUT2D eigenvalue weighted by Gasteiger charge is 2.19. The van der Waals surface area contributed by atoms with E-state index in [2.05, 4.69) is 21.2 Å². The number of hydrogen-bond acceptors (Lipinski definition) is 4. The number of fused-ring (bicyclic) bond motifs is 1. The fraction of sp³-hybridized carbons (Fsp3) is 0.400. The lowest BCUT2D eigenvalue weighted by Gasteiger charge is -2.31. The van der Waals surface area contributed by atoms with Gasteiger partial charge in [-0.1, -0.05) is 0 Å². The maximum absolute atomic E-state index is 11.5. The van der Waals surface area contributed by atoms with E-state index in [1.807, 2.05) is 23.7 Å². The maximum Gasteiger partial charge on any atom is 0.159 e. The van der Waals surface area contributed by atoms with Gasteiger partial charge in [0.15, 0.2) is 11.6 Å². The van der Waals surface area contributed by atoms with Crippen LogP contribution < -0.4 is 4.90 Å². The molecule has 1 aromatic carbocycles. The number of hydrogen-bond donors (Lipinski definition) is 0. The summed E-state index contributed by atoms with van der Waals surface area (Å²) in [6, 6.07) is 6.00. The van der Waals surface area contributed by atoms with Crippen molar-refractivity contribution >= 4 is 11.5 Å². The van der Waals surface area contributed by atoms with E-state index in [0.29, 0.717) is 0 Å². The number of Topliss-reactive ketones (excluding diaryl/α,β-unsaturated/α-hetero) is 1. The Morgan fingerprint density at radius 3 is 2.95 bits per heavy atom. The molecule has 5 heteroatoms. The first-order valence-electron chi connectivity index (χ1n) is 6.87. The Labute approximate surface area is 118 Å². The molecule has 1 aliphatic rings. The molecule has 104 valence electrons. The minimum atomic E-state index is 0.123. The zero-order valence-corrected chi connectivity index (χ0v) is 11.8. The van der Waals surface area contributed by atoms with Crippen molar-refractivity contribution in [3.05, 3.63) is 41.5 Å². The van der Waals surface area contributed by atoms with E-state index in [1.165, 1.54) is 11.3 Å². The number of carbonyl (C=O) groups excluding carboxylic acids is 1. The van der Waals surface area contributed by atoms with Crippen LogP contribution in [-0.2, 0) is 20.0 Å². The molecule has 0 radical (unpaired) electrons. The normalized spacial score (nSPS) is 14.2. The molecule has 0 atom stereocenters. The van der Waals surface area contributed by atoms with Gasteiger partial charge in [-0.2, -0.15) is 0 Å². The van der Waals surface area contributed by atoms with Gasteiger partial charge in [-0.05, 0) is 43.5 Å². The van der Waals surface area contributed by atoms with E-state index in [4.69, 9.17) is 0 Å². The lowest BCUT2D eigenvalue weighted by Crippen LogP contribution is -2.30.